The summed E-state index contributed by atoms with van der Waals surface area (Å²) in [6.07, 6.45) is 9.73. The molecule has 2 atom stereocenters. The van der Waals surface area contributed by atoms with E-state index in [0.29, 0.717) is 11.8 Å². The molecule has 1 heterocycles. The van der Waals surface area contributed by atoms with Crippen molar-refractivity contribution in [2.45, 2.75) is 71.3 Å². The van der Waals surface area contributed by atoms with E-state index in [1.165, 1.54) is 25.7 Å². The molecule has 3 heteroatoms. The average molecular weight is 280 g/mol. The van der Waals surface area contributed by atoms with Crippen molar-refractivity contribution < 1.29 is 4.79 Å². The maximum Gasteiger partial charge on any atom is 0.225 e. The van der Waals surface area contributed by atoms with Crippen LogP contribution in [0.1, 0.15) is 65.2 Å². The minimum absolute atomic E-state index is 0.268. The Bertz CT molecular complexity index is 302. The second-order valence-corrected chi connectivity index (χ2v) is 7.01. The van der Waals surface area contributed by atoms with Gasteiger partial charge in [0.25, 0.3) is 0 Å². The first kappa shape index (κ1) is 15.8. The molecule has 1 amide bonds. The van der Waals surface area contributed by atoms with Gasteiger partial charge < -0.3 is 10.6 Å². The average Bonchev–Trinajstić information content (AvgIpc) is 2.97. The van der Waals surface area contributed by atoms with Gasteiger partial charge in [0.2, 0.25) is 5.91 Å². The number of amides is 1. The molecular formula is C17H32N2O. The number of nitrogens with two attached hydrogens (primary N) is 1. The van der Waals surface area contributed by atoms with Gasteiger partial charge in [-0.3, -0.25) is 4.79 Å². The van der Waals surface area contributed by atoms with Crippen LogP contribution in [0.5, 0.6) is 0 Å². The van der Waals surface area contributed by atoms with Crippen LogP contribution in [0.3, 0.4) is 0 Å². The zero-order valence-corrected chi connectivity index (χ0v) is 13.3. The van der Waals surface area contributed by atoms with Crippen molar-refractivity contribution in [1.82, 2.24) is 4.90 Å². The number of piperidine rings is 1. The van der Waals surface area contributed by atoms with E-state index in [1.807, 2.05) is 0 Å². The summed E-state index contributed by atoms with van der Waals surface area (Å²) < 4.78 is 0. The Hall–Kier alpha value is -0.570. The number of rotatable bonds is 5. The summed E-state index contributed by atoms with van der Waals surface area (Å²) in [4.78, 5) is 14.8. The molecule has 1 saturated heterocycles. The summed E-state index contributed by atoms with van der Waals surface area (Å²) in [5.74, 6) is 2.10. The lowest BCUT2D eigenvalue weighted by atomic mass is 9.87. The fourth-order valence-corrected chi connectivity index (χ4v) is 3.99. The smallest absolute Gasteiger partial charge is 0.225 e. The maximum atomic E-state index is 12.7. The van der Waals surface area contributed by atoms with Crippen LogP contribution in [0.2, 0.25) is 0 Å². The van der Waals surface area contributed by atoms with E-state index in [1.54, 1.807) is 0 Å². The lowest BCUT2D eigenvalue weighted by molar-refractivity contribution is -0.137. The van der Waals surface area contributed by atoms with Crippen LogP contribution in [0, 0.1) is 17.8 Å². The second kappa shape index (κ2) is 7.44. The Kier molecular flexibility index (Phi) is 5.88. The van der Waals surface area contributed by atoms with Crippen molar-refractivity contribution in [3.05, 3.63) is 0 Å². The molecule has 0 aromatic heterocycles. The van der Waals surface area contributed by atoms with Gasteiger partial charge in [-0.15, -0.1) is 0 Å². The van der Waals surface area contributed by atoms with Gasteiger partial charge in [-0.1, -0.05) is 32.6 Å². The molecule has 0 bridgehead atoms. The number of likely N-dealkylation sites (tertiary alicyclic amines) is 1. The topological polar surface area (TPSA) is 46.3 Å². The third-order valence-electron chi connectivity index (χ3n) is 5.53. The normalized spacial score (nSPS) is 24.9. The van der Waals surface area contributed by atoms with Gasteiger partial charge in [-0.05, 0) is 44.4 Å². The molecule has 2 aliphatic rings. The molecule has 1 saturated carbocycles. The highest BCUT2D eigenvalue weighted by Crippen LogP contribution is 2.32. The lowest BCUT2D eigenvalue weighted by Gasteiger charge is -2.36. The summed E-state index contributed by atoms with van der Waals surface area (Å²) in [5, 5.41) is 0. The minimum atomic E-state index is 0.268. The first-order chi connectivity index (χ1) is 9.61. The maximum absolute atomic E-state index is 12.7. The SMILES string of the molecule is CCC(CC1CCCC1)C(=O)N1CCC(C(C)N)CC1. The molecule has 0 radical (unpaired) electrons. The fraction of sp³-hybridized carbons (Fsp3) is 0.941. The largest absolute Gasteiger partial charge is 0.342 e. The van der Waals surface area contributed by atoms with Crippen LogP contribution in [0.15, 0.2) is 0 Å². The minimum Gasteiger partial charge on any atom is -0.342 e. The standard InChI is InChI=1S/C17H32N2O/c1-3-15(12-14-6-4-5-7-14)17(20)19-10-8-16(9-11-19)13(2)18/h13-16H,3-12,18H2,1-2H3. The second-order valence-electron chi connectivity index (χ2n) is 7.01. The summed E-state index contributed by atoms with van der Waals surface area (Å²) in [5.41, 5.74) is 5.98. The van der Waals surface area contributed by atoms with Crippen LogP contribution >= 0.6 is 0 Å². The zero-order chi connectivity index (χ0) is 14.5. The van der Waals surface area contributed by atoms with E-state index in [0.717, 1.165) is 44.7 Å². The van der Waals surface area contributed by atoms with Crippen LogP contribution in [0.25, 0.3) is 0 Å². The number of nitrogens with zero attached hydrogens (tertiary/aromatic N) is 1. The highest BCUT2D eigenvalue weighted by atomic mass is 16.2. The molecule has 3 nitrogen and oxygen atoms in total. The predicted molar refractivity (Wildman–Crippen MR) is 83.3 cm³/mol. The Labute approximate surface area is 124 Å². The van der Waals surface area contributed by atoms with Crippen molar-refractivity contribution >= 4 is 5.91 Å². The van der Waals surface area contributed by atoms with Gasteiger partial charge in [0, 0.05) is 25.0 Å². The number of carbonyl (C=O) groups excluding carboxylic acids is 1. The molecule has 0 aromatic carbocycles. The molecule has 2 unspecified atom stereocenters. The van der Waals surface area contributed by atoms with E-state index in [4.69, 9.17) is 5.73 Å². The molecule has 0 spiro atoms. The summed E-state index contributed by atoms with van der Waals surface area (Å²) in [6.45, 7) is 6.11. The first-order valence-electron chi connectivity index (χ1n) is 8.66. The fourth-order valence-electron chi connectivity index (χ4n) is 3.99. The van der Waals surface area contributed by atoms with E-state index >= 15 is 0 Å². The Morgan fingerprint density at radius 1 is 1.20 bits per heavy atom. The molecule has 116 valence electrons. The lowest BCUT2D eigenvalue weighted by Crippen LogP contribution is -2.45. The van der Waals surface area contributed by atoms with E-state index in [9.17, 15) is 4.79 Å². The monoisotopic (exact) mass is 280 g/mol. The molecule has 1 aliphatic carbocycles. The van der Waals surface area contributed by atoms with E-state index in [2.05, 4.69) is 18.7 Å². The van der Waals surface area contributed by atoms with Gasteiger partial charge in [-0.25, -0.2) is 0 Å². The molecule has 20 heavy (non-hydrogen) atoms. The Morgan fingerprint density at radius 3 is 2.30 bits per heavy atom. The molecule has 0 aromatic rings. The Balaban J connectivity index is 1.82. The van der Waals surface area contributed by atoms with E-state index < -0.39 is 0 Å². The molecule has 2 rings (SSSR count). The molecule has 1 aliphatic heterocycles. The van der Waals surface area contributed by atoms with Crippen molar-refractivity contribution in [3.8, 4) is 0 Å². The molecule has 2 fully saturated rings. The van der Waals surface area contributed by atoms with Crippen LogP contribution in [-0.4, -0.2) is 29.9 Å². The quantitative estimate of drug-likeness (QED) is 0.840. The van der Waals surface area contributed by atoms with Crippen LogP contribution in [-0.2, 0) is 4.79 Å². The Morgan fingerprint density at radius 2 is 1.80 bits per heavy atom. The van der Waals surface area contributed by atoms with Crippen molar-refractivity contribution in [2.24, 2.45) is 23.5 Å². The number of hydrogen-bond acceptors (Lipinski definition) is 2. The van der Waals surface area contributed by atoms with Crippen molar-refractivity contribution in [1.29, 1.82) is 0 Å². The summed E-state index contributed by atoms with van der Waals surface area (Å²) in [6, 6.07) is 0.271. The predicted octanol–water partition coefficient (Wildman–Crippen LogP) is 3.18. The third kappa shape index (κ3) is 3.97. The summed E-state index contributed by atoms with van der Waals surface area (Å²) in [7, 11) is 0. The number of carbonyl (C=O) groups is 1. The zero-order valence-electron chi connectivity index (χ0n) is 13.3. The van der Waals surface area contributed by atoms with Crippen LogP contribution < -0.4 is 5.73 Å². The highest BCUT2D eigenvalue weighted by molar-refractivity contribution is 5.78. The first-order valence-corrected chi connectivity index (χ1v) is 8.66. The third-order valence-corrected chi connectivity index (χ3v) is 5.53. The van der Waals surface area contributed by atoms with Gasteiger partial charge in [0.15, 0.2) is 0 Å². The summed E-state index contributed by atoms with van der Waals surface area (Å²) >= 11 is 0. The molecular weight excluding hydrogens is 248 g/mol. The number of hydrogen-bond donors (Lipinski definition) is 1. The highest BCUT2D eigenvalue weighted by Gasteiger charge is 2.30. The van der Waals surface area contributed by atoms with Gasteiger partial charge in [0.1, 0.15) is 0 Å². The van der Waals surface area contributed by atoms with Gasteiger partial charge in [-0.2, -0.15) is 0 Å². The van der Waals surface area contributed by atoms with Crippen molar-refractivity contribution in [3.63, 3.8) is 0 Å². The van der Waals surface area contributed by atoms with Gasteiger partial charge >= 0.3 is 0 Å². The van der Waals surface area contributed by atoms with Crippen molar-refractivity contribution in [2.75, 3.05) is 13.1 Å². The van der Waals surface area contributed by atoms with E-state index in [-0.39, 0.29) is 12.0 Å². The van der Waals surface area contributed by atoms with Gasteiger partial charge in [0.05, 0.1) is 0 Å². The molecule has 2 N–H and O–H groups in total. The van der Waals surface area contributed by atoms with Crippen LogP contribution in [0.4, 0.5) is 0 Å².